The number of aryl methyl sites for hydroxylation is 1. The molecular formula is C14H17N2O3S-. The molecule has 20 heavy (non-hydrogen) atoms. The van der Waals surface area contributed by atoms with E-state index in [9.17, 15) is 0 Å². The minimum absolute atomic E-state index is 0.590. The van der Waals surface area contributed by atoms with E-state index in [0.717, 1.165) is 11.3 Å². The van der Waals surface area contributed by atoms with Crippen LogP contribution in [-0.2, 0) is 17.9 Å². The van der Waals surface area contributed by atoms with E-state index in [4.69, 9.17) is 13.5 Å². The maximum absolute atomic E-state index is 8.78. The van der Waals surface area contributed by atoms with Crippen LogP contribution >= 0.6 is 0 Å². The van der Waals surface area contributed by atoms with Gasteiger partial charge in [-0.2, -0.15) is 0 Å². The van der Waals surface area contributed by atoms with E-state index in [1.54, 1.807) is 12.4 Å². The average molecular weight is 293 g/mol. The van der Waals surface area contributed by atoms with Gasteiger partial charge in [-0.15, -0.1) is 0 Å². The Bertz CT molecular complexity index is 558. The molecule has 1 heterocycles. The van der Waals surface area contributed by atoms with Gasteiger partial charge in [0.15, 0.2) is 0 Å². The van der Waals surface area contributed by atoms with Crippen LogP contribution in [0.1, 0.15) is 16.7 Å². The van der Waals surface area contributed by atoms with Crippen molar-refractivity contribution in [2.45, 2.75) is 20.5 Å². The minimum Gasteiger partial charge on any atom is -0.760 e. The summed E-state index contributed by atoms with van der Waals surface area (Å²) in [6.45, 7) is 4.76. The van der Waals surface area contributed by atoms with E-state index in [2.05, 4.69) is 30.0 Å². The molecule has 0 radical (unpaired) electrons. The first-order valence-electron chi connectivity index (χ1n) is 5.92. The number of ether oxygens (including phenoxy) is 1. The lowest BCUT2D eigenvalue weighted by Crippen LogP contribution is -1.97. The van der Waals surface area contributed by atoms with Crippen LogP contribution in [-0.4, -0.2) is 13.7 Å². The van der Waals surface area contributed by atoms with Crippen molar-refractivity contribution in [2.75, 3.05) is 0 Å². The second kappa shape index (κ2) is 8.42. The topological polar surface area (TPSA) is 88.3 Å². The summed E-state index contributed by atoms with van der Waals surface area (Å²) in [5, 5.41) is 4.03. The number of pyridine rings is 1. The molecule has 0 fully saturated rings. The molecule has 0 aliphatic carbocycles. The van der Waals surface area contributed by atoms with E-state index in [-0.39, 0.29) is 0 Å². The van der Waals surface area contributed by atoms with Gasteiger partial charge in [-0.05, 0) is 48.7 Å². The number of benzene rings is 1. The van der Waals surface area contributed by atoms with Crippen molar-refractivity contribution in [2.24, 2.45) is 5.14 Å². The molecule has 2 N–H and O–H groups in total. The fraction of sp³-hybridized carbons (Fsp3) is 0.214. The second-order valence-electron chi connectivity index (χ2n) is 4.10. The fourth-order valence-corrected chi connectivity index (χ4v) is 1.52. The van der Waals surface area contributed by atoms with Crippen molar-refractivity contribution < 1.29 is 13.5 Å². The highest BCUT2D eigenvalue weighted by Crippen LogP contribution is 2.21. The van der Waals surface area contributed by atoms with Gasteiger partial charge in [-0.25, -0.2) is 0 Å². The third-order valence-electron chi connectivity index (χ3n) is 2.70. The minimum atomic E-state index is -2.36. The molecule has 0 aliphatic rings. The summed E-state index contributed by atoms with van der Waals surface area (Å²) in [6, 6.07) is 10.0. The van der Waals surface area contributed by atoms with E-state index >= 15 is 0 Å². The van der Waals surface area contributed by atoms with Crippen molar-refractivity contribution in [1.82, 2.24) is 4.98 Å². The summed E-state index contributed by atoms with van der Waals surface area (Å²) in [5.41, 5.74) is 3.60. The van der Waals surface area contributed by atoms with Crippen LogP contribution in [0.5, 0.6) is 5.75 Å². The van der Waals surface area contributed by atoms with Crippen LogP contribution in [0.15, 0.2) is 42.7 Å². The molecular weight excluding hydrogens is 276 g/mol. The van der Waals surface area contributed by atoms with E-state index < -0.39 is 11.3 Å². The molecule has 1 unspecified atom stereocenters. The zero-order valence-corrected chi connectivity index (χ0v) is 12.2. The second-order valence-corrected chi connectivity index (χ2v) is 4.62. The molecule has 0 amide bonds. The van der Waals surface area contributed by atoms with Gasteiger partial charge in [0.2, 0.25) is 0 Å². The SMILES string of the molecule is Cc1cccc(OCc2ccncc2)c1C.NS(=O)[O-]. The number of rotatable bonds is 3. The smallest absolute Gasteiger partial charge is 0.122 e. The Balaban J connectivity index is 0.000000444. The molecule has 0 bridgehead atoms. The Morgan fingerprint density at radius 3 is 2.45 bits per heavy atom. The Hall–Kier alpha value is -1.76. The highest BCUT2D eigenvalue weighted by Gasteiger charge is 2.01. The number of hydrogen-bond acceptors (Lipinski definition) is 4. The number of aromatic nitrogens is 1. The first kappa shape index (κ1) is 16.3. The predicted molar refractivity (Wildman–Crippen MR) is 77.6 cm³/mol. The van der Waals surface area contributed by atoms with Crippen LogP contribution in [0.2, 0.25) is 0 Å². The van der Waals surface area contributed by atoms with Gasteiger partial charge in [-0.3, -0.25) is 14.3 Å². The molecule has 6 heteroatoms. The van der Waals surface area contributed by atoms with Crippen molar-refractivity contribution in [1.29, 1.82) is 0 Å². The molecule has 1 aromatic carbocycles. The molecule has 0 aliphatic heterocycles. The Morgan fingerprint density at radius 1 is 1.25 bits per heavy atom. The summed E-state index contributed by atoms with van der Waals surface area (Å²) in [5.74, 6) is 0.955. The maximum Gasteiger partial charge on any atom is 0.122 e. The Labute approximate surface area is 121 Å². The average Bonchev–Trinajstić information content (AvgIpc) is 2.41. The summed E-state index contributed by atoms with van der Waals surface area (Å²) < 4.78 is 23.3. The highest BCUT2D eigenvalue weighted by molar-refractivity contribution is 7.76. The molecule has 0 saturated heterocycles. The monoisotopic (exact) mass is 293 g/mol. The molecule has 1 aromatic heterocycles. The van der Waals surface area contributed by atoms with Gasteiger partial charge in [0, 0.05) is 23.7 Å². The summed E-state index contributed by atoms with van der Waals surface area (Å²) >= 11 is -2.36. The molecule has 0 spiro atoms. The summed E-state index contributed by atoms with van der Waals surface area (Å²) in [7, 11) is 0. The fourth-order valence-electron chi connectivity index (χ4n) is 1.52. The standard InChI is InChI=1S/C14H15NO.H3NO2S/c1-11-4-3-5-14(12(11)2)16-10-13-6-8-15-9-7-13;1-4(2)3/h3-9H,10H2,1-2H3;1H2,(H,2,3)/p-1. The Kier molecular flexibility index (Phi) is 6.86. The van der Waals surface area contributed by atoms with Gasteiger partial charge in [0.1, 0.15) is 12.4 Å². The van der Waals surface area contributed by atoms with E-state index in [0.29, 0.717) is 6.61 Å². The van der Waals surface area contributed by atoms with Gasteiger partial charge in [0.05, 0.1) is 0 Å². The van der Waals surface area contributed by atoms with E-state index in [1.165, 1.54) is 11.1 Å². The summed E-state index contributed by atoms with van der Waals surface area (Å²) in [6.07, 6.45) is 3.56. The van der Waals surface area contributed by atoms with Crippen LogP contribution in [0.4, 0.5) is 0 Å². The third-order valence-corrected chi connectivity index (χ3v) is 2.70. The van der Waals surface area contributed by atoms with Crippen molar-refractivity contribution in [3.63, 3.8) is 0 Å². The molecule has 108 valence electrons. The lowest BCUT2D eigenvalue weighted by molar-refractivity contribution is 0.303. The lowest BCUT2D eigenvalue weighted by Gasteiger charge is -2.10. The number of hydrogen-bond donors (Lipinski definition) is 1. The quantitative estimate of drug-likeness (QED) is 0.877. The van der Waals surface area contributed by atoms with Crippen molar-refractivity contribution in [3.8, 4) is 5.75 Å². The normalized spacial score (nSPS) is 11.2. The molecule has 5 nitrogen and oxygen atoms in total. The lowest BCUT2D eigenvalue weighted by atomic mass is 10.1. The zero-order chi connectivity index (χ0) is 15.0. The first-order valence-corrected chi connectivity index (χ1v) is 7.06. The van der Waals surface area contributed by atoms with Gasteiger partial charge in [0.25, 0.3) is 0 Å². The van der Waals surface area contributed by atoms with Crippen LogP contribution < -0.4 is 9.88 Å². The summed E-state index contributed by atoms with van der Waals surface area (Å²) in [4.78, 5) is 3.98. The third kappa shape index (κ3) is 5.92. The van der Waals surface area contributed by atoms with Crippen LogP contribution in [0, 0.1) is 13.8 Å². The zero-order valence-electron chi connectivity index (χ0n) is 11.4. The number of nitrogens with two attached hydrogens (primary N) is 1. The van der Waals surface area contributed by atoms with E-state index in [1.807, 2.05) is 24.3 Å². The Morgan fingerprint density at radius 2 is 1.85 bits per heavy atom. The van der Waals surface area contributed by atoms with Gasteiger partial charge >= 0.3 is 0 Å². The largest absolute Gasteiger partial charge is 0.760 e. The predicted octanol–water partition coefficient (Wildman–Crippen LogP) is 2.02. The van der Waals surface area contributed by atoms with Crippen LogP contribution in [0.25, 0.3) is 0 Å². The van der Waals surface area contributed by atoms with Gasteiger partial charge < -0.3 is 9.29 Å². The van der Waals surface area contributed by atoms with Crippen molar-refractivity contribution in [3.05, 3.63) is 59.4 Å². The highest BCUT2D eigenvalue weighted by atomic mass is 32.2. The van der Waals surface area contributed by atoms with Gasteiger partial charge in [-0.1, -0.05) is 12.1 Å². The molecule has 2 rings (SSSR count). The molecule has 1 atom stereocenters. The van der Waals surface area contributed by atoms with Crippen molar-refractivity contribution >= 4 is 11.3 Å². The molecule has 2 aromatic rings. The number of nitrogens with zero attached hydrogens (tertiary/aromatic N) is 1. The molecule has 0 saturated carbocycles. The first-order chi connectivity index (χ1) is 9.50. The van der Waals surface area contributed by atoms with Crippen LogP contribution in [0.3, 0.4) is 0 Å². The maximum atomic E-state index is 8.78.